The zero-order valence-corrected chi connectivity index (χ0v) is 6.78. The number of hydrogen-bond acceptors (Lipinski definition) is 5. The Hall–Kier alpha value is -0.550. The molecule has 0 unspecified atom stereocenters. The van der Waals surface area contributed by atoms with Crippen LogP contribution in [0.25, 0.3) is 0 Å². The van der Waals surface area contributed by atoms with E-state index >= 15 is 0 Å². The van der Waals surface area contributed by atoms with Gasteiger partial charge in [-0.05, 0) is 17.9 Å². The third-order valence-electron chi connectivity index (χ3n) is 0.787. The largest absolute Gasteiger partial charge is 0.368 e. The van der Waals surface area contributed by atoms with Crippen molar-refractivity contribution in [2.45, 2.75) is 5.16 Å². The summed E-state index contributed by atoms with van der Waals surface area (Å²) in [7, 11) is 0. The topological polar surface area (TPSA) is 64.7 Å². The minimum Gasteiger partial charge on any atom is -0.368 e. The summed E-state index contributed by atoms with van der Waals surface area (Å²) in [6.07, 6.45) is 1.84. The first-order valence-electron chi connectivity index (χ1n) is 2.43. The van der Waals surface area contributed by atoms with Crippen LogP contribution in [0.15, 0.2) is 5.16 Å². The molecular weight excluding hydrogens is 172 g/mol. The zero-order chi connectivity index (χ0) is 7.56. The number of hydrogen-bond donors (Lipinski definition) is 1. The lowest BCUT2D eigenvalue weighted by molar-refractivity contribution is 0.919. The van der Waals surface area contributed by atoms with Crippen LogP contribution < -0.4 is 5.73 Å². The number of aromatic nitrogens is 3. The molecule has 4 nitrogen and oxygen atoms in total. The van der Waals surface area contributed by atoms with Crippen molar-refractivity contribution in [1.29, 1.82) is 0 Å². The minimum atomic E-state index is 0.136. The molecule has 1 aromatic heterocycles. The van der Waals surface area contributed by atoms with Crippen LogP contribution in [0.1, 0.15) is 0 Å². The SMILES string of the molecule is CSc1nc(N)nc(Cl)n1. The van der Waals surface area contributed by atoms with Crippen LogP contribution in [-0.4, -0.2) is 21.2 Å². The van der Waals surface area contributed by atoms with Gasteiger partial charge >= 0.3 is 0 Å². The number of halogens is 1. The molecule has 0 fully saturated rings. The van der Waals surface area contributed by atoms with E-state index in [0.29, 0.717) is 5.16 Å². The zero-order valence-electron chi connectivity index (χ0n) is 5.21. The molecule has 0 spiro atoms. The molecule has 2 N–H and O–H groups in total. The molecule has 1 rings (SSSR count). The molecule has 6 heteroatoms. The van der Waals surface area contributed by atoms with Crippen molar-refractivity contribution in [3.05, 3.63) is 5.28 Å². The van der Waals surface area contributed by atoms with Gasteiger partial charge in [0.15, 0.2) is 5.16 Å². The normalized spacial score (nSPS) is 9.80. The Morgan fingerprint density at radius 2 is 2.10 bits per heavy atom. The van der Waals surface area contributed by atoms with Crippen molar-refractivity contribution >= 4 is 29.3 Å². The van der Waals surface area contributed by atoms with E-state index in [1.54, 1.807) is 0 Å². The maximum absolute atomic E-state index is 5.47. The van der Waals surface area contributed by atoms with Gasteiger partial charge in [-0.25, -0.2) is 0 Å². The Bertz CT molecular complexity index is 220. The second kappa shape index (κ2) is 3.03. The summed E-state index contributed by atoms with van der Waals surface area (Å²) < 4.78 is 0. The summed E-state index contributed by atoms with van der Waals surface area (Å²) in [4.78, 5) is 11.2. The second-order valence-corrected chi connectivity index (χ2v) is 2.56. The molecule has 0 aromatic carbocycles. The molecule has 10 heavy (non-hydrogen) atoms. The molecule has 54 valence electrons. The maximum atomic E-state index is 5.47. The van der Waals surface area contributed by atoms with Gasteiger partial charge in [0.05, 0.1) is 0 Å². The molecule has 1 aromatic rings. The van der Waals surface area contributed by atoms with Gasteiger partial charge in [0.1, 0.15) is 0 Å². The molecule has 0 aliphatic rings. The lowest BCUT2D eigenvalue weighted by Gasteiger charge is -1.94. The molecule has 0 atom stereocenters. The first-order chi connectivity index (χ1) is 4.72. The fraction of sp³-hybridized carbons (Fsp3) is 0.250. The average molecular weight is 177 g/mol. The van der Waals surface area contributed by atoms with Crippen LogP contribution in [0.4, 0.5) is 5.95 Å². The summed E-state index contributed by atoms with van der Waals surface area (Å²) >= 11 is 6.84. The maximum Gasteiger partial charge on any atom is 0.228 e. The smallest absolute Gasteiger partial charge is 0.228 e. The Morgan fingerprint density at radius 1 is 1.40 bits per heavy atom. The highest BCUT2D eigenvalue weighted by Crippen LogP contribution is 2.11. The van der Waals surface area contributed by atoms with Gasteiger partial charge in [-0.15, -0.1) is 0 Å². The van der Waals surface area contributed by atoms with Crippen LogP contribution in [0, 0.1) is 0 Å². The summed E-state index contributed by atoms with van der Waals surface area (Å²) in [6.45, 7) is 0. The van der Waals surface area contributed by atoms with Crippen LogP contribution in [-0.2, 0) is 0 Å². The van der Waals surface area contributed by atoms with Crippen molar-refractivity contribution in [2.24, 2.45) is 0 Å². The van der Waals surface area contributed by atoms with Gasteiger partial charge in [-0.2, -0.15) is 15.0 Å². The number of thioether (sulfide) groups is 1. The van der Waals surface area contributed by atoms with Crippen LogP contribution in [0.2, 0.25) is 5.28 Å². The van der Waals surface area contributed by atoms with Crippen molar-refractivity contribution < 1.29 is 0 Å². The Balaban J connectivity index is 3.06. The lowest BCUT2D eigenvalue weighted by atomic mass is 11.0. The molecule has 0 amide bonds. The number of nitrogens with two attached hydrogens (primary N) is 1. The van der Waals surface area contributed by atoms with E-state index in [1.807, 2.05) is 6.26 Å². The van der Waals surface area contributed by atoms with Gasteiger partial charge in [-0.1, -0.05) is 11.8 Å². The number of anilines is 1. The Morgan fingerprint density at radius 3 is 2.60 bits per heavy atom. The summed E-state index contributed by atoms with van der Waals surface area (Å²) in [5.74, 6) is 0.157. The van der Waals surface area contributed by atoms with E-state index < -0.39 is 0 Å². The molecule has 0 saturated heterocycles. The Kier molecular flexibility index (Phi) is 2.29. The van der Waals surface area contributed by atoms with Gasteiger partial charge in [0.2, 0.25) is 11.2 Å². The predicted molar refractivity (Wildman–Crippen MR) is 41.0 cm³/mol. The average Bonchev–Trinajstić information content (AvgIpc) is 1.85. The van der Waals surface area contributed by atoms with E-state index in [1.165, 1.54) is 11.8 Å². The minimum absolute atomic E-state index is 0.136. The Labute approximate surface area is 67.2 Å². The third-order valence-corrected chi connectivity index (χ3v) is 1.50. The van der Waals surface area contributed by atoms with Gasteiger partial charge in [0.25, 0.3) is 0 Å². The molecule has 1 heterocycles. The highest BCUT2D eigenvalue weighted by molar-refractivity contribution is 7.98. The standard InChI is InChI=1S/C4H5ClN4S/c1-10-4-8-2(5)7-3(6)9-4/h1H3,(H2,6,7,8,9). The monoisotopic (exact) mass is 176 g/mol. The van der Waals surface area contributed by atoms with E-state index in [0.717, 1.165) is 0 Å². The number of nitrogens with zero attached hydrogens (tertiary/aromatic N) is 3. The molecule has 0 saturated carbocycles. The molecule has 0 aliphatic carbocycles. The van der Waals surface area contributed by atoms with Crippen molar-refractivity contribution in [1.82, 2.24) is 15.0 Å². The first kappa shape index (κ1) is 7.56. The van der Waals surface area contributed by atoms with Gasteiger partial charge in [-0.3, -0.25) is 0 Å². The van der Waals surface area contributed by atoms with E-state index in [-0.39, 0.29) is 11.2 Å². The van der Waals surface area contributed by atoms with Crippen LogP contribution in [0.3, 0.4) is 0 Å². The molecular formula is C4H5ClN4S. The summed E-state index contributed by atoms with van der Waals surface area (Å²) in [5.41, 5.74) is 5.28. The highest BCUT2D eigenvalue weighted by atomic mass is 35.5. The fourth-order valence-corrected chi connectivity index (χ4v) is 1.02. The van der Waals surface area contributed by atoms with Crippen LogP contribution >= 0.6 is 23.4 Å². The molecule has 0 bridgehead atoms. The van der Waals surface area contributed by atoms with Crippen molar-refractivity contribution in [3.8, 4) is 0 Å². The summed E-state index contributed by atoms with van der Waals surface area (Å²) in [6, 6.07) is 0. The van der Waals surface area contributed by atoms with Gasteiger partial charge < -0.3 is 5.73 Å². The van der Waals surface area contributed by atoms with Crippen molar-refractivity contribution in [3.63, 3.8) is 0 Å². The summed E-state index contributed by atoms with van der Waals surface area (Å²) in [5, 5.41) is 0.675. The molecule has 0 radical (unpaired) electrons. The quantitative estimate of drug-likeness (QED) is 0.643. The molecule has 0 aliphatic heterocycles. The number of nitrogen functional groups attached to an aromatic ring is 1. The first-order valence-corrected chi connectivity index (χ1v) is 4.03. The fourth-order valence-electron chi connectivity index (χ4n) is 0.438. The van der Waals surface area contributed by atoms with E-state index in [2.05, 4.69) is 15.0 Å². The van der Waals surface area contributed by atoms with Gasteiger partial charge in [0, 0.05) is 0 Å². The highest BCUT2D eigenvalue weighted by Gasteiger charge is 1.98. The van der Waals surface area contributed by atoms with E-state index in [4.69, 9.17) is 17.3 Å². The lowest BCUT2D eigenvalue weighted by Crippen LogP contribution is -1.98. The third kappa shape index (κ3) is 1.71. The second-order valence-electron chi connectivity index (χ2n) is 1.45. The van der Waals surface area contributed by atoms with Crippen LogP contribution in [0.5, 0.6) is 0 Å². The predicted octanol–water partition coefficient (Wildman–Crippen LogP) is 0.829. The van der Waals surface area contributed by atoms with E-state index in [9.17, 15) is 0 Å². The number of rotatable bonds is 1. The van der Waals surface area contributed by atoms with Crippen molar-refractivity contribution in [2.75, 3.05) is 12.0 Å².